The van der Waals surface area contributed by atoms with Gasteiger partial charge in [0.05, 0.1) is 6.54 Å². The molecule has 6 nitrogen and oxygen atoms in total. The molecule has 0 unspecified atom stereocenters. The Hall–Kier alpha value is -1.59. The molecule has 0 aliphatic carbocycles. The summed E-state index contributed by atoms with van der Waals surface area (Å²) in [5.41, 5.74) is -0.579. The number of carbonyl (C=O) groups is 3. The number of carboxylic acids is 1. The van der Waals surface area contributed by atoms with Crippen LogP contribution in [0.2, 0.25) is 0 Å². The standard InChI is InChI=1S/C14H24N2O4/c1-14(2,8-7-13(19)20)15-11(17)10-16-9-5-3-4-6-12(16)18/h3-10H2,1-2H3,(H,15,17)(H,19,20). The summed E-state index contributed by atoms with van der Waals surface area (Å²) < 4.78 is 0. The van der Waals surface area contributed by atoms with Crippen molar-refractivity contribution in [1.82, 2.24) is 10.2 Å². The summed E-state index contributed by atoms with van der Waals surface area (Å²) in [6.07, 6.45) is 3.73. The Labute approximate surface area is 119 Å². The normalized spacial score (nSPS) is 16.7. The zero-order chi connectivity index (χ0) is 15.2. The van der Waals surface area contributed by atoms with Crippen LogP contribution in [0.3, 0.4) is 0 Å². The van der Waals surface area contributed by atoms with Crippen LogP contribution < -0.4 is 5.32 Å². The predicted octanol–water partition coefficient (Wildman–Crippen LogP) is 1.15. The van der Waals surface area contributed by atoms with E-state index in [4.69, 9.17) is 5.11 Å². The molecule has 1 fully saturated rings. The van der Waals surface area contributed by atoms with Gasteiger partial charge in [0.15, 0.2) is 0 Å². The summed E-state index contributed by atoms with van der Waals surface area (Å²) in [5.74, 6) is -1.08. The summed E-state index contributed by atoms with van der Waals surface area (Å²) >= 11 is 0. The Bertz CT molecular complexity index is 379. The summed E-state index contributed by atoms with van der Waals surface area (Å²) in [7, 11) is 0. The van der Waals surface area contributed by atoms with Gasteiger partial charge in [0.1, 0.15) is 0 Å². The van der Waals surface area contributed by atoms with Crippen LogP contribution >= 0.6 is 0 Å². The maximum Gasteiger partial charge on any atom is 0.303 e. The van der Waals surface area contributed by atoms with Crippen molar-refractivity contribution in [2.24, 2.45) is 0 Å². The molecule has 1 rings (SSSR count). The lowest BCUT2D eigenvalue weighted by atomic mass is 9.98. The van der Waals surface area contributed by atoms with E-state index in [0.29, 0.717) is 19.4 Å². The summed E-state index contributed by atoms with van der Waals surface area (Å²) in [6.45, 7) is 4.27. The Morgan fingerprint density at radius 1 is 1.30 bits per heavy atom. The number of amides is 2. The first kappa shape index (κ1) is 16.5. The molecule has 0 aromatic carbocycles. The number of carboxylic acid groups (broad SMARTS) is 1. The average Bonchev–Trinajstić information content (AvgIpc) is 2.52. The van der Waals surface area contributed by atoms with Crippen molar-refractivity contribution in [1.29, 1.82) is 0 Å². The first-order valence-electron chi connectivity index (χ1n) is 7.11. The Kier molecular flexibility index (Phi) is 5.98. The highest BCUT2D eigenvalue weighted by Gasteiger charge is 2.24. The lowest BCUT2D eigenvalue weighted by molar-refractivity contribution is -0.138. The highest BCUT2D eigenvalue weighted by atomic mass is 16.4. The van der Waals surface area contributed by atoms with E-state index < -0.39 is 11.5 Å². The molecule has 1 aliphatic rings. The zero-order valence-electron chi connectivity index (χ0n) is 12.3. The number of likely N-dealkylation sites (tertiary alicyclic amines) is 1. The van der Waals surface area contributed by atoms with E-state index in [0.717, 1.165) is 19.3 Å². The smallest absolute Gasteiger partial charge is 0.303 e. The summed E-state index contributed by atoms with van der Waals surface area (Å²) in [4.78, 5) is 35.9. The number of hydrogen-bond acceptors (Lipinski definition) is 3. The molecular weight excluding hydrogens is 260 g/mol. The molecule has 1 aliphatic heterocycles. The quantitative estimate of drug-likeness (QED) is 0.766. The van der Waals surface area contributed by atoms with Crippen LogP contribution in [-0.2, 0) is 14.4 Å². The van der Waals surface area contributed by atoms with Crippen molar-refractivity contribution in [3.05, 3.63) is 0 Å². The van der Waals surface area contributed by atoms with E-state index in [2.05, 4.69) is 5.32 Å². The average molecular weight is 284 g/mol. The monoisotopic (exact) mass is 284 g/mol. The number of carbonyl (C=O) groups excluding carboxylic acids is 2. The minimum absolute atomic E-state index is 0.00985. The lowest BCUT2D eigenvalue weighted by Crippen LogP contribution is -2.49. The maximum atomic E-state index is 12.0. The van der Waals surface area contributed by atoms with Gasteiger partial charge in [0, 0.05) is 24.9 Å². The SMILES string of the molecule is CC(C)(CCC(=O)O)NC(=O)CN1CCCCCC1=O. The fourth-order valence-corrected chi connectivity index (χ4v) is 2.28. The molecule has 0 spiro atoms. The molecular formula is C14H24N2O4. The first-order chi connectivity index (χ1) is 9.30. The van der Waals surface area contributed by atoms with Crippen LogP contribution in [0.15, 0.2) is 0 Å². The van der Waals surface area contributed by atoms with Gasteiger partial charge in [-0.1, -0.05) is 6.42 Å². The van der Waals surface area contributed by atoms with Crippen LogP contribution in [0.25, 0.3) is 0 Å². The minimum Gasteiger partial charge on any atom is -0.481 e. The number of nitrogens with zero attached hydrogens (tertiary/aromatic N) is 1. The topological polar surface area (TPSA) is 86.7 Å². The van der Waals surface area contributed by atoms with Gasteiger partial charge in [-0.3, -0.25) is 14.4 Å². The summed E-state index contributed by atoms with van der Waals surface area (Å²) in [6, 6.07) is 0. The van der Waals surface area contributed by atoms with Gasteiger partial charge in [-0.2, -0.15) is 0 Å². The molecule has 6 heteroatoms. The second kappa shape index (κ2) is 7.26. The molecule has 0 radical (unpaired) electrons. The Morgan fingerprint density at radius 3 is 2.65 bits per heavy atom. The van der Waals surface area contributed by atoms with Gasteiger partial charge in [0.25, 0.3) is 0 Å². The molecule has 20 heavy (non-hydrogen) atoms. The Morgan fingerprint density at radius 2 is 2.00 bits per heavy atom. The van der Waals surface area contributed by atoms with Gasteiger partial charge in [-0.25, -0.2) is 0 Å². The highest BCUT2D eigenvalue weighted by Crippen LogP contribution is 2.13. The molecule has 0 atom stereocenters. The van der Waals surface area contributed by atoms with E-state index >= 15 is 0 Å². The molecule has 2 amide bonds. The van der Waals surface area contributed by atoms with Crippen LogP contribution in [0.4, 0.5) is 0 Å². The second-order valence-corrected chi connectivity index (χ2v) is 5.95. The molecule has 0 aromatic rings. The van der Waals surface area contributed by atoms with Gasteiger partial charge in [-0.15, -0.1) is 0 Å². The highest BCUT2D eigenvalue weighted by molar-refractivity contribution is 5.85. The third kappa shape index (κ3) is 6.04. The summed E-state index contributed by atoms with van der Waals surface area (Å²) in [5, 5.41) is 11.5. The van der Waals surface area contributed by atoms with Gasteiger partial charge in [0.2, 0.25) is 11.8 Å². The van der Waals surface area contributed by atoms with E-state index in [-0.39, 0.29) is 24.8 Å². The molecule has 0 aromatic heterocycles. The molecule has 0 saturated carbocycles. The van der Waals surface area contributed by atoms with E-state index in [1.54, 1.807) is 18.7 Å². The molecule has 1 heterocycles. The molecule has 0 bridgehead atoms. The number of aliphatic carboxylic acids is 1. The van der Waals surface area contributed by atoms with Gasteiger partial charge >= 0.3 is 5.97 Å². The Balaban J connectivity index is 2.45. The number of nitrogens with one attached hydrogen (secondary N) is 1. The van der Waals surface area contributed by atoms with Crippen molar-refractivity contribution in [2.45, 2.75) is 57.9 Å². The largest absolute Gasteiger partial charge is 0.481 e. The van der Waals surface area contributed by atoms with Crippen LogP contribution in [0, 0.1) is 0 Å². The third-order valence-corrected chi connectivity index (χ3v) is 3.45. The fourth-order valence-electron chi connectivity index (χ4n) is 2.28. The second-order valence-electron chi connectivity index (χ2n) is 5.95. The predicted molar refractivity (Wildman–Crippen MR) is 74.1 cm³/mol. The third-order valence-electron chi connectivity index (χ3n) is 3.45. The number of hydrogen-bond donors (Lipinski definition) is 2. The van der Waals surface area contributed by atoms with Crippen molar-refractivity contribution in [2.75, 3.05) is 13.1 Å². The van der Waals surface area contributed by atoms with Crippen molar-refractivity contribution in [3.63, 3.8) is 0 Å². The minimum atomic E-state index is -0.880. The molecule has 1 saturated heterocycles. The van der Waals surface area contributed by atoms with E-state index in [1.807, 2.05) is 0 Å². The van der Waals surface area contributed by atoms with Crippen molar-refractivity contribution in [3.8, 4) is 0 Å². The van der Waals surface area contributed by atoms with E-state index in [9.17, 15) is 14.4 Å². The van der Waals surface area contributed by atoms with Crippen LogP contribution in [0.5, 0.6) is 0 Å². The van der Waals surface area contributed by atoms with Crippen molar-refractivity contribution >= 4 is 17.8 Å². The van der Waals surface area contributed by atoms with Crippen LogP contribution in [-0.4, -0.2) is 46.4 Å². The zero-order valence-corrected chi connectivity index (χ0v) is 12.3. The lowest BCUT2D eigenvalue weighted by Gasteiger charge is -2.28. The van der Waals surface area contributed by atoms with Gasteiger partial charge < -0.3 is 15.3 Å². The van der Waals surface area contributed by atoms with E-state index in [1.165, 1.54) is 0 Å². The van der Waals surface area contributed by atoms with Crippen molar-refractivity contribution < 1.29 is 19.5 Å². The first-order valence-corrected chi connectivity index (χ1v) is 7.11. The molecule has 2 N–H and O–H groups in total. The molecule has 114 valence electrons. The van der Waals surface area contributed by atoms with Crippen LogP contribution in [0.1, 0.15) is 52.4 Å². The fraction of sp³-hybridized carbons (Fsp3) is 0.786. The van der Waals surface area contributed by atoms with Gasteiger partial charge in [-0.05, 0) is 33.1 Å². The number of rotatable bonds is 6. The maximum absolute atomic E-state index is 12.0.